The van der Waals surface area contributed by atoms with E-state index in [1.165, 1.54) is 6.66 Å². The van der Waals surface area contributed by atoms with Crippen molar-refractivity contribution < 1.29 is 75.6 Å². The van der Waals surface area contributed by atoms with Crippen LogP contribution in [0.5, 0.6) is 0 Å². The van der Waals surface area contributed by atoms with Crippen LogP contribution in [0.25, 0.3) is 0 Å². The summed E-state index contributed by atoms with van der Waals surface area (Å²) in [5.74, 6) is -5.22. The monoisotopic (exact) mass is 680 g/mol. The number of esters is 4. The fourth-order valence-corrected chi connectivity index (χ4v) is 4.67. The third-order valence-corrected chi connectivity index (χ3v) is 7.67. The molecule has 0 saturated carbocycles. The van der Waals surface area contributed by atoms with Crippen LogP contribution in [0.2, 0.25) is 0 Å². The molecule has 18 heteroatoms. The number of carbonyl (C=O) groups excluding carboxylic acids is 4. The maximum Gasteiger partial charge on any atom is 0.327 e. The van der Waals surface area contributed by atoms with Crippen molar-refractivity contribution in [1.29, 1.82) is 0 Å². The van der Waals surface area contributed by atoms with Gasteiger partial charge in [-0.05, 0) is 41.5 Å². The molecule has 0 aliphatic rings. The summed E-state index contributed by atoms with van der Waals surface area (Å²) in [4.78, 5) is 45.7. The zero-order valence-corrected chi connectivity index (χ0v) is 28.7. The van der Waals surface area contributed by atoms with Crippen LogP contribution >= 0.6 is 15.2 Å². The van der Waals surface area contributed by atoms with Crippen LogP contribution in [-0.2, 0) is 65.4 Å². The van der Waals surface area contributed by atoms with E-state index >= 15 is 0 Å². The molecule has 2 N–H and O–H groups in total. The van der Waals surface area contributed by atoms with E-state index in [2.05, 4.69) is 0 Å². The summed E-state index contributed by atoms with van der Waals surface area (Å²) in [7, 11) is -6.91. The van der Waals surface area contributed by atoms with E-state index in [1.54, 1.807) is 41.5 Å². The molecule has 4 unspecified atom stereocenters. The number of rotatable bonds is 22. The topological polar surface area (TPSA) is 217 Å². The van der Waals surface area contributed by atoms with Crippen molar-refractivity contribution in [3.05, 3.63) is 0 Å². The van der Waals surface area contributed by atoms with E-state index in [9.17, 15) is 28.3 Å². The molecule has 0 bridgehead atoms. The summed E-state index contributed by atoms with van der Waals surface area (Å²) in [6.45, 7) is 11.3. The molecule has 0 spiro atoms. The van der Waals surface area contributed by atoms with Crippen LogP contribution in [0.4, 0.5) is 0 Å². The lowest BCUT2D eigenvalue weighted by Crippen LogP contribution is -2.27. The zero-order valence-electron chi connectivity index (χ0n) is 26.9. The molecule has 0 radical (unpaired) electrons. The quantitative estimate of drug-likeness (QED) is 0.0953. The molecule has 4 atom stereocenters. The van der Waals surface area contributed by atoms with Gasteiger partial charge in [-0.1, -0.05) is 0 Å². The Kier molecular flexibility index (Phi) is 24.5. The van der Waals surface area contributed by atoms with Gasteiger partial charge < -0.3 is 47.3 Å². The van der Waals surface area contributed by atoms with Gasteiger partial charge in [0.05, 0.1) is 77.9 Å². The number of carbonyl (C=O) groups is 4. The molecule has 0 rings (SSSR count). The summed E-state index contributed by atoms with van der Waals surface area (Å²) in [5, 5.41) is 18.2. The minimum Gasteiger partial charge on any atom is -0.466 e. The van der Waals surface area contributed by atoms with E-state index in [1.807, 2.05) is 0 Å². The minimum atomic E-state index is -3.58. The minimum absolute atomic E-state index is 0.0690. The number of aliphatic hydroxyl groups excluding tert-OH is 2. The SMILES string of the molecule is CCOC(=O)C(C)COP(C)(=O)OCC(C)C(=O)OCC.CCOC(=O)C(CO)COP(C)(=O)OCC(CO)C(=O)OCC. The summed E-state index contributed by atoms with van der Waals surface area (Å²) < 4.78 is 63.5. The summed E-state index contributed by atoms with van der Waals surface area (Å²) in [5.41, 5.74) is 0. The second-order valence-electron chi connectivity index (χ2n) is 9.30. The molecule has 0 aliphatic carbocycles. The lowest BCUT2D eigenvalue weighted by Gasteiger charge is -2.19. The first-order valence-electron chi connectivity index (χ1n) is 14.2. The van der Waals surface area contributed by atoms with Gasteiger partial charge in [-0.2, -0.15) is 0 Å². The smallest absolute Gasteiger partial charge is 0.327 e. The molecule has 0 aromatic heterocycles. The molecule has 0 saturated heterocycles. The van der Waals surface area contributed by atoms with E-state index < -0.39 is 76.0 Å². The van der Waals surface area contributed by atoms with Crippen molar-refractivity contribution >= 4 is 39.1 Å². The average Bonchev–Trinajstić information content (AvgIpc) is 2.96. The second kappa shape index (κ2) is 24.3. The molecule has 0 amide bonds. The first-order chi connectivity index (χ1) is 20.5. The lowest BCUT2D eigenvalue weighted by molar-refractivity contribution is -0.151. The van der Waals surface area contributed by atoms with E-state index in [-0.39, 0.29) is 52.9 Å². The Morgan fingerprint density at radius 2 is 0.773 bits per heavy atom. The molecule has 0 fully saturated rings. The van der Waals surface area contributed by atoms with Crippen molar-refractivity contribution in [1.82, 2.24) is 0 Å². The van der Waals surface area contributed by atoms with Gasteiger partial charge in [-0.25, -0.2) is 0 Å². The van der Waals surface area contributed by atoms with E-state index in [0.29, 0.717) is 0 Å². The number of ether oxygens (including phenoxy) is 4. The van der Waals surface area contributed by atoms with Crippen molar-refractivity contribution in [3.8, 4) is 0 Å². The molecule has 16 nitrogen and oxygen atoms in total. The summed E-state index contributed by atoms with van der Waals surface area (Å²) in [6.07, 6.45) is 0. The largest absolute Gasteiger partial charge is 0.466 e. The number of hydrogen-bond donors (Lipinski definition) is 2. The predicted octanol–water partition coefficient (Wildman–Crippen LogP) is 2.43. The lowest BCUT2D eigenvalue weighted by atomic mass is 10.2. The zero-order chi connectivity index (χ0) is 34.3. The van der Waals surface area contributed by atoms with Crippen LogP contribution in [-0.4, -0.2) is 113 Å². The van der Waals surface area contributed by atoms with Crippen molar-refractivity contribution in [2.24, 2.45) is 23.7 Å². The highest BCUT2D eigenvalue weighted by Gasteiger charge is 2.28. The van der Waals surface area contributed by atoms with Crippen molar-refractivity contribution in [2.45, 2.75) is 41.5 Å². The van der Waals surface area contributed by atoms with Crippen LogP contribution in [0.3, 0.4) is 0 Å². The third kappa shape index (κ3) is 20.9. The fraction of sp³-hybridized carbons (Fsp3) is 0.846. The second-order valence-corrected chi connectivity index (χ2v) is 13.4. The van der Waals surface area contributed by atoms with Gasteiger partial charge in [-0.3, -0.25) is 28.3 Å². The Morgan fingerprint density at radius 1 is 0.523 bits per heavy atom. The maximum absolute atomic E-state index is 12.1. The van der Waals surface area contributed by atoms with Gasteiger partial charge in [0.25, 0.3) is 0 Å². The molecule has 0 aromatic carbocycles. The van der Waals surface area contributed by atoms with Crippen LogP contribution in [0, 0.1) is 23.7 Å². The van der Waals surface area contributed by atoms with E-state index in [4.69, 9.17) is 47.3 Å². The fourth-order valence-electron chi connectivity index (χ4n) is 2.64. The van der Waals surface area contributed by atoms with E-state index in [0.717, 1.165) is 6.66 Å². The first kappa shape index (κ1) is 44.2. The number of hydrogen-bond acceptors (Lipinski definition) is 16. The molecule has 260 valence electrons. The van der Waals surface area contributed by atoms with Gasteiger partial charge in [0.15, 0.2) is 0 Å². The normalized spacial score (nSPS) is 16.4. The van der Waals surface area contributed by atoms with Crippen LogP contribution < -0.4 is 0 Å². The summed E-state index contributed by atoms with van der Waals surface area (Å²) >= 11 is 0. The molecule has 44 heavy (non-hydrogen) atoms. The van der Waals surface area contributed by atoms with Crippen molar-refractivity contribution in [2.75, 3.05) is 79.4 Å². The Bertz CT molecular complexity index is 877. The van der Waals surface area contributed by atoms with Crippen molar-refractivity contribution in [3.63, 3.8) is 0 Å². The maximum atomic E-state index is 12.1. The highest BCUT2D eigenvalue weighted by molar-refractivity contribution is 7.53. The van der Waals surface area contributed by atoms with Gasteiger partial charge in [0.1, 0.15) is 11.8 Å². The standard InChI is InChI=1S/C13H25O9P.C13H25O7P/c1-4-19-12(16)10(6-14)8-21-23(3,18)22-9-11(7-15)13(17)20-5-2;1-6-17-12(14)10(3)8-19-21(5,16)20-9-11(4)13(15)18-7-2/h10-11,14-15H,4-9H2,1-3H3;10-11H,6-9H2,1-5H3. The molecule has 0 heterocycles. The Balaban J connectivity index is 0. The molecular formula is C26H50O16P2. The van der Waals surface area contributed by atoms with Crippen LogP contribution in [0.15, 0.2) is 0 Å². The third-order valence-electron chi connectivity index (χ3n) is 5.20. The van der Waals surface area contributed by atoms with Crippen LogP contribution in [0.1, 0.15) is 41.5 Å². The highest BCUT2D eigenvalue weighted by Crippen LogP contribution is 2.45. The predicted molar refractivity (Wildman–Crippen MR) is 157 cm³/mol. The van der Waals surface area contributed by atoms with Gasteiger partial charge in [0.2, 0.25) is 0 Å². The molecular weight excluding hydrogens is 630 g/mol. The van der Waals surface area contributed by atoms with Gasteiger partial charge in [0, 0.05) is 13.3 Å². The van der Waals surface area contributed by atoms with Gasteiger partial charge in [-0.15, -0.1) is 0 Å². The Labute approximate surface area is 259 Å². The number of aliphatic hydroxyl groups is 2. The Hall–Kier alpha value is -1.90. The molecule has 0 aliphatic heterocycles. The Morgan fingerprint density at radius 3 is 1.02 bits per heavy atom. The first-order valence-corrected chi connectivity index (χ1v) is 18.1. The highest BCUT2D eigenvalue weighted by atomic mass is 31.2. The van der Waals surface area contributed by atoms with Gasteiger partial charge >= 0.3 is 39.1 Å². The summed E-state index contributed by atoms with van der Waals surface area (Å²) in [6, 6.07) is 0. The molecule has 0 aromatic rings. The average molecular weight is 681 g/mol.